The van der Waals surface area contributed by atoms with E-state index >= 15 is 0 Å². The van der Waals surface area contributed by atoms with Crippen molar-refractivity contribution in [2.75, 3.05) is 19.5 Å². The minimum atomic E-state index is -4.57. The van der Waals surface area contributed by atoms with Crippen LogP contribution in [0.5, 0.6) is 11.6 Å². The van der Waals surface area contributed by atoms with E-state index in [2.05, 4.69) is 20.7 Å². The number of allylic oxidation sites excluding steroid dienone is 1. The summed E-state index contributed by atoms with van der Waals surface area (Å²) in [6.45, 7) is 0.580. The fraction of sp³-hybridized carbons (Fsp3) is 0.211. The number of halogens is 3. The van der Waals surface area contributed by atoms with Crippen molar-refractivity contribution in [3.63, 3.8) is 0 Å². The van der Waals surface area contributed by atoms with Crippen molar-refractivity contribution in [1.29, 1.82) is 5.41 Å². The molecule has 0 aliphatic heterocycles. The second-order valence-corrected chi connectivity index (χ2v) is 6.22. The molecular formula is C19H20F3N7O. The van der Waals surface area contributed by atoms with Crippen LogP contribution >= 0.6 is 0 Å². The Morgan fingerprint density at radius 2 is 2.00 bits per heavy atom. The number of aromatic nitrogens is 3. The molecule has 0 radical (unpaired) electrons. The van der Waals surface area contributed by atoms with Gasteiger partial charge in [-0.1, -0.05) is 0 Å². The molecule has 11 heteroatoms. The highest BCUT2D eigenvalue weighted by atomic mass is 19.4. The van der Waals surface area contributed by atoms with Crippen molar-refractivity contribution >= 4 is 16.7 Å². The van der Waals surface area contributed by atoms with Crippen molar-refractivity contribution in [3.05, 3.63) is 60.3 Å². The lowest BCUT2D eigenvalue weighted by molar-refractivity contribution is -0.0958. The maximum atomic E-state index is 12.8. The maximum absolute atomic E-state index is 12.8. The van der Waals surface area contributed by atoms with E-state index in [4.69, 9.17) is 10.1 Å². The number of ether oxygens (including phenoxy) is 1. The van der Waals surface area contributed by atoms with Crippen LogP contribution in [0.4, 0.5) is 13.2 Å². The number of nitrogens with zero attached hydrogens (tertiary/aromatic N) is 3. The number of alkyl halides is 3. The molecule has 2 heterocycles. The van der Waals surface area contributed by atoms with Gasteiger partial charge in [0, 0.05) is 37.3 Å². The molecule has 0 unspecified atom stereocenters. The quantitative estimate of drug-likeness (QED) is 0.347. The fourth-order valence-electron chi connectivity index (χ4n) is 2.72. The average Bonchev–Trinajstić information content (AvgIpc) is 3.07. The molecule has 158 valence electrons. The van der Waals surface area contributed by atoms with Gasteiger partial charge in [0.15, 0.2) is 0 Å². The molecule has 0 fully saturated rings. The molecule has 0 aliphatic carbocycles. The Labute approximate surface area is 170 Å². The van der Waals surface area contributed by atoms with Gasteiger partial charge in [-0.2, -0.15) is 13.2 Å². The van der Waals surface area contributed by atoms with Gasteiger partial charge in [-0.3, -0.25) is 15.5 Å². The Hall–Kier alpha value is -3.60. The maximum Gasteiger partial charge on any atom is 0.431 e. The molecule has 0 aliphatic rings. The minimum absolute atomic E-state index is 0.394. The average molecular weight is 419 g/mol. The summed E-state index contributed by atoms with van der Waals surface area (Å²) in [5.74, 6) is 0.511. The molecule has 0 saturated heterocycles. The number of amidine groups is 1. The Morgan fingerprint density at radius 3 is 2.70 bits per heavy atom. The summed E-state index contributed by atoms with van der Waals surface area (Å²) >= 11 is 0. The van der Waals surface area contributed by atoms with Gasteiger partial charge < -0.3 is 15.4 Å². The van der Waals surface area contributed by atoms with E-state index in [0.717, 1.165) is 18.1 Å². The summed E-state index contributed by atoms with van der Waals surface area (Å²) in [4.78, 5) is 8.21. The first-order valence-electron chi connectivity index (χ1n) is 8.87. The number of hydrogen-bond donors (Lipinski definition) is 4. The second kappa shape index (κ2) is 8.82. The summed E-state index contributed by atoms with van der Waals surface area (Å²) < 4.78 is 45.7. The zero-order chi connectivity index (χ0) is 21.7. The lowest BCUT2D eigenvalue weighted by Gasteiger charge is -2.13. The van der Waals surface area contributed by atoms with Crippen LogP contribution in [0, 0.1) is 5.41 Å². The predicted molar refractivity (Wildman–Crippen MR) is 107 cm³/mol. The van der Waals surface area contributed by atoms with Crippen molar-refractivity contribution < 1.29 is 17.9 Å². The van der Waals surface area contributed by atoms with E-state index in [9.17, 15) is 13.2 Å². The van der Waals surface area contributed by atoms with Gasteiger partial charge in [0.2, 0.25) is 5.88 Å². The first-order chi connectivity index (χ1) is 14.3. The smallest absolute Gasteiger partial charge is 0.431 e. The molecular weight excluding hydrogens is 399 g/mol. The van der Waals surface area contributed by atoms with Gasteiger partial charge in [-0.25, -0.2) is 9.97 Å². The number of hydrogen-bond acceptors (Lipinski definition) is 6. The first kappa shape index (κ1) is 21.1. The van der Waals surface area contributed by atoms with E-state index in [-0.39, 0.29) is 0 Å². The van der Waals surface area contributed by atoms with Gasteiger partial charge >= 0.3 is 6.18 Å². The van der Waals surface area contributed by atoms with E-state index in [1.54, 1.807) is 36.5 Å². The zero-order valence-corrected chi connectivity index (χ0v) is 16.2. The molecule has 0 bridgehead atoms. The lowest BCUT2D eigenvalue weighted by atomic mass is 10.2. The van der Waals surface area contributed by atoms with Gasteiger partial charge in [0.1, 0.15) is 23.6 Å². The number of benzene rings is 1. The van der Waals surface area contributed by atoms with Crippen molar-refractivity contribution in [1.82, 2.24) is 25.3 Å². The number of nitrogens with one attached hydrogen (secondary N) is 4. The Kier molecular flexibility index (Phi) is 6.21. The lowest BCUT2D eigenvalue weighted by Crippen LogP contribution is -2.27. The van der Waals surface area contributed by atoms with E-state index < -0.39 is 17.7 Å². The van der Waals surface area contributed by atoms with Crippen LogP contribution in [0.3, 0.4) is 0 Å². The predicted octanol–water partition coefficient (Wildman–Crippen LogP) is 3.13. The topological polar surface area (TPSA) is 99.9 Å². The molecule has 8 nitrogen and oxygen atoms in total. The first-order valence-corrected chi connectivity index (χ1v) is 8.87. The number of fused-ring (bicyclic) bond motifs is 1. The van der Waals surface area contributed by atoms with Crippen LogP contribution in [-0.4, -0.2) is 40.8 Å². The van der Waals surface area contributed by atoms with Crippen LogP contribution in [-0.2, 0) is 6.54 Å². The zero-order valence-electron chi connectivity index (χ0n) is 16.2. The van der Waals surface area contributed by atoms with Crippen LogP contribution < -0.4 is 20.8 Å². The van der Waals surface area contributed by atoms with Gasteiger partial charge in [0.05, 0.1) is 11.2 Å². The summed E-state index contributed by atoms with van der Waals surface area (Å²) in [7, 11) is 2.96. The monoisotopic (exact) mass is 419 g/mol. The van der Waals surface area contributed by atoms with Crippen LogP contribution in [0.15, 0.2) is 54.6 Å². The highest BCUT2D eigenvalue weighted by Gasteiger charge is 2.33. The third kappa shape index (κ3) is 5.06. The Morgan fingerprint density at radius 1 is 1.20 bits per heavy atom. The standard InChI is InChI=1S/C19H20F3N7O/c1-24-10-13-8-18(27-11-26-13)30-14-3-4-15-12(7-14)5-6-29(15)28-17(23)9-16(25-2)19(20,21)22/h3-9,11,24-25H,10H2,1-2H3,(H2,23,28)/b16-9-. The molecule has 4 N–H and O–H groups in total. The molecule has 30 heavy (non-hydrogen) atoms. The van der Waals surface area contributed by atoms with Crippen LogP contribution in [0.1, 0.15) is 5.69 Å². The van der Waals surface area contributed by atoms with Crippen LogP contribution in [0.2, 0.25) is 0 Å². The highest BCUT2D eigenvalue weighted by Crippen LogP contribution is 2.26. The molecule has 3 aromatic rings. The van der Waals surface area contributed by atoms with Crippen molar-refractivity contribution in [3.8, 4) is 11.6 Å². The molecule has 2 aromatic heterocycles. The molecule has 1 aromatic carbocycles. The molecule has 0 saturated carbocycles. The Bertz CT molecular complexity index is 1080. The normalized spacial score (nSPS) is 12.1. The highest BCUT2D eigenvalue weighted by molar-refractivity contribution is 5.98. The SMILES string of the molecule is CNCc1cc(Oc2ccc3c(ccn3NC(=N)/C=C(\NC)C(F)(F)F)c2)ncn1. The second-order valence-electron chi connectivity index (χ2n) is 6.22. The van der Waals surface area contributed by atoms with Gasteiger partial charge in [-0.15, -0.1) is 0 Å². The molecule has 0 amide bonds. The molecule has 0 atom stereocenters. The molecule has 0 spiro atoms. The van der Waals surface area contributed by atoms with Gasteiger partial charge in [-0.05, 0) is 31.3 Å². The minimum Gasteiger partial charge on any atom is -0.439 e. The van der Waals surface area contributed by atoms with E-state index in [0.29, 0.717) is 29.8 Å². The Balaban J connectivity index is 1.77. The summed E-state index contributed by atoms with van der Waals surface area (Å²) in [5.41, 5.74) is 3.04. The van der Waals surface area contributed by atoms with E-state index in [1.807, 2.05) is 12.4 Å². The van der Waals surface area contributed by atoms with E-state index in [1.165, 1.54) is 11.0 Å². The van der Waals surface area contributed by atoms with Crippen molar-refractivity contribution in [2.45, 2.75) is 12.7 Å². The number of rotatable bonds is 7. The molecule has 3 rings (SSSR count). The van der Waals surface area contributed by atoms with Crippen LogP contribution in [0.25, 0.3) is 10.9 Å². The third-order valence-electron chi connectivity index (χ3n) is 4.04. The van der Waals surface area contributed by atoms with Crippen molar-refractivity contribution in [2.24, 2.45) is 0 Å². The fourth-order valence-corrected chi connectivity index (χ4v) is 2.72. The third-order valence-corrected chi connectivity index (χ3v) is 4.04. The summed E-state index contributed by atoms with van der Waals surface area (Å²) in [5, 5.41) is 13.6. The summed E-state index contributed by atoms with van der Waals surface area (Å²) in [6, 6.07) is 8.67. The largest absolute Gasteiger partial charge is 0.439 e. The summed E-state index contributed by atoms with van der Waals surface area (Å²) in [6.07, 6.45) is -0.859. The van der Waals surface area contributed by atoms with Gasteiger partial charge in [0.25, 0.3) is 0 Å².